The van der Waals surface area contributed by atoms with Crippen LogP contribution < -0.4 is 24.8 Å². The number of hydrogen-bond acceptors (Lipinski definition) is 0. The first-order chi connectivity index (χ1) is 19.1. The minimum absolute atomic E-state index is 0. The molecule has 0 radical (unpaired) electrons. The van der Waals surface area contributed by atoms with E-state index in [-0.39, 0.29) is 35.6 Å². The summed E-state index contributed by atoms with van der Waals surface area (Å²) in [6.07, 6.45) is 19.3. The van der Waals surface area contributed by atoms with Crippen molar-refractivity contribution in [2.24, 2.45) is 0 Å². The Hall–Kier alpha value is -2.18. The molecule has 4 aliphatic rings. The van der Waals surface area contributed by atoms with Crippen LogP contribution in [0.4, 0.5) is 0 Å². The molecule has 0 heterocycles. The molecule has 216 valence electrons. The van der Waals surface area contributed by atoms with E-state index in [0.717, 1.165) is 19.3 Å². The van der Waals surface area contributed by atoms with Gasteiger partial charge in [-0.3, -0.25) is 6.08 Å². The van der Waals surface area contributed by atoms with Crippen LogP contribution in [0.15, 0.2) is 85.0 Å². The van der Waals surface area contributed by atoms with Crippen LogP contribution in [0.3, 0.4) is 0 Å². The Bertz CT molecular complexity index is 1470. The normalized spacial score (nSPS) is 17.0. The summed E-state index contributed by atoms with van der Waals surface area (Å²) in [5.41, 5.74) is 16.3. The van der Waals surface area contributed by atoms with E-state index in [0.29, 0.717) is 0 Å². The van der Waals surface area contributed by atoms with Gasteiger partial charge in [-0.15, -0.1) is 18.9 Å². The maximum absolute atomic E-state index is 2.99. The van der Waals surface area contributed by atoms with Gasteiger partial charge in [0.2, 0.25) is 0 Å². The number of hydrogen-bond donors (Lipinski definition) is 0. The van der Waals surface area contributed by atoms with Crippen LogP contribution in [-0.2, 0) is 41.5 Å². The van der Waals surface area contributed by atoms with E-state index < -0.39 is 0 Å². The third-order valence-electron chi connectivity index (χ3n) is 8.65. The third kappa shape index (κ3) is 7.13. The number of halogens is 2. The van der Waals surface area contributed by atoms with Crippen LogP contribution in [0.1, 0.15) is 93.3 Å². The molecular weight excluding hydrogens is 631 g/mol. The van der Waals surface area contributed by atoms with Gasteiger partial charge in [0.1, 0.15) is 0 Å². The molecule has 0 N–H and O–H groups in total. The van der Waals surface area contributed by atoms with E-state index in [1.54, 1.807) is 0 Å². The van der Waals surface area contributed by atoms with Gasteiger partial charge < -0.3 is 24.8 Å². The molecule has 0 aromatic heterocycles. The van der Waals surface area contributed by atoms with Crippen LogP contribution >= 0.6 is 0 Å². The van der Waals surface area contributed by atoms with Crippen molar-refractivity contribution in [3.63, 3.8) is 0 Å². The van der Waals surface area contributed by atoms with Crippen LogP contribution in [0, 0.1) is 12.5 Å². The van der Waals surface area contributed by atoms with Crippen LogP contribution in [-0.4, -0.2) is 3.71 Å². The van der Waals surface area contributed by atoms with Crippen LogP contribution in [0.5, 0.6) is 0 Å². The fourth-order valence-corrected chi connectivity index (χ4v) is 6.54. The SMILES string of the molecule is CC1=C[CH-]C(C)(C)c2cc3c(cc21)-c1cc2c(cc1C3)C(C)(C)CC=C2C.[C-]1=CC=CC1.[Cl-].[Cl-].[Zr+2]=[CH]c1ccccc1. The average Bonchev–Trinajstić information content (AvgIpc) is 3.64. The summed E-state index contributed by atoms with van der Waals surface area (Å²) >= 11 is 1.46. The Morgan fingerprint density at radius 2 is 1.43 bits per heavy atom. The quantitative estimate of drug-likeness (QED) is 0.270. The number of benzene rings is 3. The Kier molecular flexibility index (Phi) is 11.5. The monoisotopic (exact) mass is 668 g/mol. The third-order valence-corrected chi connectivity index (χ3v) is 9.47. The average molecular weight is 671 g/mol. The van der Waals surface area contributed by atoms with E-state index in [9.17, 15) is 0 Å². The van der Waals surface area contributed by atoms with Gasteiger partial charge in [-0.25, -0.2) is 24.6 Å². The first-order valence-corrected chi connectivity index (χ1v) is 15.9. The van der Waals surface area contributed by atoms with Crippen molar-refractivity contribution in [3.05, 3.63) is 136 Å². The first-order valence-electron chi connectivity index (χ1n) is 14.4. The molecular formula is C39H40Cl2Zr-2. The van der Waals surface area contributed by atoms with Crippen molar-refractivity contribution >= 4 is 14.9 Å². The summed E-state index contributed by atoms with van der Waals surface area (Å²) in [7, 11) is 0. The summed E-state index contributed by atoms with van der Waals surface area (Å²) in [4.78, 5) is 0. The van der Waals surface area contributed by atoms with E-state index in [1.807, 2.05) is 18.2 Å². The van der Waals surface area contributed by atoms with Gasteiger partial charge in [0.25, 0.3) is 0 Å². The molecule has 0 fully saturated rings. The van der Waals surface area contributed by atoms with E-state index >= 15 is 0 Å². The fraction of sp³-hybridized carbons (Fsp3) is 0.282. The van der Waals surface area contributed by atoms with E-state index in [4.69, 9.17) is 0 Å². The molecule has 0 atom stereocenters. The molecule has 0 spiro atoms. The standard InChI is InChI=1S/C27H29.C7H6.C5H5.2ClH.Zr/c1-16-7-9-26(3,4)24-12-18-11-19-13-25-21(17(2)8-10-27(25,5)6)15-23(19)22(18)14-20(16)24;1-7-5-3-2-4-6-7;1-2-4-5-3-1;;;/h7-9,12-15H,10-11H2,1-6H3;1-6H;1-3H,4H2;2*1H;/q-1;;-1;;;+2/p-2. The van der Waals surface area contributed by atoms with Gasteiger partial charge in [0, 0.05) is 0 Å². The predicted octanol–water partition coefficient (Wildman–Crippen LogP) is 3.94. The number of allylic oxidation sites excluding steroid dienone is 8. The Morgan fingerprint density at radius 3 is 1.95 bits per heavy atom. The summed E-state index contributed by atoms with van der Waals surface area (Å²) < 4.78 is 2.17. The van der Waals surface area contributed by atoms with Gasteiger partial charge in [0.15, 0.2) is 0 Å². The number of rotatable bonds is 1. The predicted molar refractivity (Wildman–Crippen MR) is 170 cm³/mol. The molecule has 4 aliphatic carbocycles. The van der Waals surface area contributed by atoms with Crippen LogP contribution in [0.25, 0.3) is 22.3 Å². The maximum atomic E-state index is 2.99. The molecule has 0 unspecified atom stereocenters. The molecule has 0 saturated heterocycles. The summed E-state index contributed by atoms with van der Waals surface area (Å²) in [5.74, 6) is 0. The summed E-state index contributed by atoms with van der Waals surface area (Å²) in [6.45, 7) is 13.9. The van der Waals surface area contributed by atoms with Gasteiger partial charge in [-0.05, 0) is 70.2 Å². The molecule has 3 aromatic carbocycles. The topological polar surface area (TPSA) is 0 Å². The molecule has 0 saturated carbocycles. The molecule has 7 rings (SSSR count). The van der Waals surface area contributed by atoms with Gasteiger partial charge in [0.05, 0.1) is 0 Å². The molecule has 0 nitrogen and oxygen atoms in total. The summed E-state index contributed by atoms with van der Waals surface area (Å²) in [6, 6.07) is 20.3. The molecule has 0 bridgehead atoms. The second-order valence-corrected chi connectivity index (χ2v) is 13.3. The first kappa shape index (κ1) is 34.3. The zero-order chi connectivity index (χ0) is 28.5. The van der Waals surface area contributed by atoms with Crippen LogP contribution in [0.2, 0.25) is 0 Å². The van der Waals surface area contributed by atoms with E-state index in [1.165, 1.54) is 85.5 Å². The van der Waals surface area contributed by atoms with Crippen molar-refractivity contribution in [2.75, 3.05) is 0 Å². The van der Waals surface area contributed by atoms with E-state index in [2.05, 4.69) is 125 Å². The molecule has 0 amide bonds. The molecule has 3 heteroatoms. The second-order valence-electron chi connectivity index (χ2n) is 12.6. The van der Waals surface area contributed by atoms with Crippen molar-refractivity contribution in [1.82, 2.24) is 0 Å². The molecule has 42 heavy (non-hydrogen) atoms. The Labute approximate surface area is 281 Å². The number of fused-ring (bicyclic) bond motifs is 5. The van der Waals surface area contributed by atoms with Gasteiger partial charge in [-0.2, -0.15) is 11.6 Å². The second kappa shape index (κ2) is 14.1. The zero-order valence-corrected chi connectivity index (χ0v) is 29.6. The Morgan fingerprint density at radius 1 is 0.810 bits per heavy atom. The van der Waals surface area contributed by atoms with Crippen molar-refractivity contribution in [1.29, 1.82) is 0 Å². The molecule has 0 aliphatic heterocycles. The fourth-order valence-electron chi connectivity index (χ4n) is 6.06. The van der Waals surface area contributed by atoms with Gasteiger partial charge >= 0.3 is 63.8 Å². The minimum atomic E-state index is 0. The van der Waals surface area contributed by atoms with Crippen molar-refractivity contribution in [3.8, 4) is 11.1 Å². The zero-order valence-electron chi connectivity index (χ0n) is 25.6. The van der Waals surface area contributed by atoms with Crippen molar-refractivity contribution in [2.45, 2.75) is 71.6 Å². The summed E-state index contributed by atoms with van der Waals surface area (Å²) in [5, 5.41) is 0. The molecule has 3 aromatic rings. The van der Waals surface area contributed by atoms with Crippen molar-refractivity contribution < 1.29 is 49.0 Å². The Balaban J connectivity index is 0.000000268. The van der Waals surface area contributed by atoms with Gasteiger partial charge in [-0.1, -0.05) is 62.9 Å².